The lowest BCUT2D eigenvalue weighted by atomic mass is 10.0. The van der Waals surface area contributed by atoms with Gasteiger partial charge in [0.05, 0.1) is 22.7 Å². The highest BCUT2D eigenvalue weighted by molar-refractivity contribution is 7.89. The van der Waals surface area contributed by atoms with Crippen LogP contribution in [0.15, 0.2) is 80.8 Å². The molecule has 0 unspecified atom stereocenters. The third-order valence-electron chi connectivity index (χ3n) is 6.17. The van der Waals surface area contributed by atoms with Crippen LogP contribution in [0.4, 0.5) is 0 Å². The fraction of sp³-hybridized carbons (Fsp3) is 0.259. The number of hydrogen-bond donors (Lipinski definition) is 0. The van der Waals surface area contributed by atoms with Crippen molar-refractivity contribution in [1.82, 2.24) is 4.31 Å². The summed E-state index contributed by atoms with van der Waals surface area (Å²) in [7, 11) is -3.82. The normalized spacial score (nSPS) is 18.9. The number of esters is 1. The van der Waals surface area contributed by atoms with Crippen LogP contribution in [0.1, 0.15) is 29.8 Å². The molecule has 2 atom stereocenters. The van der Waals surface area contributed by atoms with E-state index in [-0.39, 0.29) is 42.4 Å². The first kappa shape index (κ1) is 24.2. The number of fused-ring (bicyclic) bond motifs is 3. The van der Waals surface area contributed by atoms with Crippen molar-refractivity contribution in [3.63, 3.8) is 0 Å². The molecule has 8 nitrogen and oxygen atoms in total. The number of hydrogen-bond acceptors (Lipinski definition) is 7. The maximum Gasteiger partial charge on any atom is 0.338 e. The Balaban J connectivity index is 1.41. The molecule has 4 aromatic rings. The van der Waals surface area contributed by atoms with E-state index < -0.39 is 21.6 Å². The molecular formula is C27H25NO7S. The molecule has 1 saturated heterocycles. The van der Waals surface area contributed by atoms with Crippen molar-refractivity contribution in [1.29, 1.82) is 0 Å². The van der Waals surface area contributed by atoms with Crippen molar-refractivity contribution in [3.8, 4) is 0 Å². The largest absolute Gasteiger partial charge is 0.457 e. The third kappa shape index (κ3) is 4.65. The molecular weight excluding hydrogens is 482 g/mol. The third-order valence-corrected chi connectivity index (χ3v) is 7.99. The number of benzene rings is 3. The summed E-state index contributed by atoms with van der Waals surface area (Å²) in [6.07, 6.45) is -0.461. The number of nitrogens with zero attached hydrogens (tertiary/aromatic N) is 1. The predicted molar refractivity (Wildman–Crippen MR) is 134 cm³/mol. The van der Waals surface area contributed by atoms with Crippen LogP contribution >= 0.6 is 0 Å². The van der Waals surface area contributed by atoms with E-state index >= 15 is 0 Å². The van der Waals surface area contributed by atoms with Crippen molar-refractivity contribution < 1.29 is 27.1 Å². The predicted octanol–water partition coefficient (Wildman–Crippen LogP) is 4.10. The van der Waals surface area contributed by atoms with Gasteiger partial charge in [-0.3, -0.25) is 0 Å². The first-order valence-electron chi connectivity index (χ1n) is 11.6. The van der Waals surface area contributed by atoms with Gasteiger partial charge in [-0.1, -0.05) is 36.4 Å². The number of sulfonamides is 1. The fourth-order valence-corrected chi connectivity index (χ4v) is 6.26. The van der Waals surface area contributed by atoms with Crippen molar-refractivity contribution in [3.05, 3.63) is 88.3 Å². The molecule has 186 valence electrons. The minimum atomic E-state index is -3.82. The van der Waals surface area contributed by atoms with E-state index in [0.717, 1.165) is 10.8 Å². The highest BCUT2D eigenvalue weighted by Crippen LogP contribution is 2.28. The molecule has 0 aliphatic carbocycles. The van der Waals surface area contributed by atoms with Gasteiger partial charge in [0, 0.05) is 30.1 Å². The monoisotopic (exact) mass is 507 g/mol. The fourth-order valence-electron chi connectivity index (χ4n) is 4.62. The van der Waals surface area contributed by atoms with E-state index in [2.05, 4.69) is 0 Å². The van der Waals surface area contributed by atoms with E-state index in [0.29, 0.717) is 16.5 Å². The Hall–Kier alpha value is -3.53. The van der Waals surface area contributed by atoms with Gasteiger partial charge in [-0.25, -0.2) is 18.0 Å². The minimum absolute atomic E-state index is 0.00930. The standard InChI is InChI=1S/C27H25NO7S/c1-17-14-28(15-18(2)34-17)36(31,32)22-8-5-7-20(12-22)27(30)33-16-21-13-25(29)35-24-11-10-19-6-3-4-9-23(19)26(21)24/h3-13,17-18H,14-16H2,1-2H3/t17-,18+. The molecule has 0 saturated carbocycles. The molecule has 0 bridgehead atoms. The summed E-state index contributed by atoms with van der Waals surface area (Å²) >= 11 is 0. The molecule has 0 amide bonds. The van der Waals surface area contributed by atoms with Crippen molar-refractivity contribution in [2.75, 3.05) is 13.1 Å². The van der Waals surface area contributed by atoms with Crippen molar-refractivity contribution in [2.24, 2.45) is 0 Å². The van der Waals surface area contributed by atoms with Gasteiger partial charge in [0.15, 0.2) is 0 Å². The zero-order chi connectivity index (χ0) is 25.4. The summed E-state index contributed by atoms with van der Waals surface area (Å²) in [5.41, 5.74) is 0.453. The summed E-state index contributed by atoms with van der Waals surface area (Å²) in [6.45, 7) is 3.94. The summed E-state index contributed by atoms with van der Waals surface area (Å²) in [5, 5.41) is 2.51. The van der Waals surface area contributed by atoms with E-state index in [1.54, 1.807) is 6.07 Å². The minimum Gasteiger partial charge on any atom is -0.457 e. The first-order valence-corrected chi connectivity index (χ1v) is 13.0. The van der Waals surface area contributed by atoms with Crippen LogP contribution in [0.3, 0.4) is 0 Å². The summed E-state index contributed by atoms with van der Waals surface area (Å²) in [5.74, 6) is -0.697. The van der Waals surface area contributed by atoms with Crippen LogP contribution < -0.4 is 5.63 Å². The van der Waals surface area contributed by atoms with Gasteiger partial charge in [0.25, 0.3) is 0 Å². The highest BCUT2D eigenvalue weighted by Gasteiger charge is 2.32. The second-order valence-electron chi connectivity index (χ2n) is 8.93. The zero-order valence-electron chi connectivity index (χ0n) is 19.8. The summed E-state index contributed by atoms with van der Waals surface area (Å²) < 4.78 is 44.3. The first-order chi connectivity index (χ1) is 17.2. The Morgan fingerprint density at radius 3 is 2.53 bits per heavy atom. The van der Waals surface area contributed by atoms with Gasteiger partial charge in [0.2, 0.25) is 10.0 Å². The Labute approximate surface area is 208 Å². The highest BCUT2D eigenvalue weighted by atomic mass is 32.2. The molecule has 9 heteroatoms. The van der Waals surface area contributed by atoms with Gasteiger partial charge in [-0.15, -0.1) is 0 Å². The molecule has 36 heavy (non-hydrogen) atoms. The molecule has 5 rings (SSSR count). The quantitative estimate of drug-likeness (QED) is 0.228. The van der Waals surface area contributed by atoms with Gasteiger partial charge in [-0.2, -0.15) is 4.31 Å². The average molecular weight is 508 g/mol. The van der Waals surface area contributed by atoms with Crippen LogP contribution in [0, 0.1) is 0 Å². The van der Waals surface area contributed by atoms with Gasteiger partial charge < -0.3 is 13.9 Å². The van der Waals surface area contributed by atoms with Gasteiger partial charge in [-0.05, 0) is 48.9 Å². The van der Waals surface area contributed by atoms with Crippen molar-refractivity contribution >= 4 is 37.7 Å². The maximum absolute atomic E-state index is 13.2. The Morgan fingerprint density at radius 1 is 1.00 bits per heavy atom. The zero-order valence-corrected chi connectivity index (χ0v) is 20.7. The molecule has 2 heterocycles. The van der Waals surface area contributed by atoms with Crippen LogP contribution in [0.25, 0.3) is 21.7 Å². The number of carbonyl (C=O) groups is 1. The maximum atomic E-state index is 13.2. The number of carbonyl (C=O) groups excluding carboxylic acids is 1. The Bertz CT molecular complexity index is 1620. The number of rotatable bonds is 5. The van der Waals surface area contributed by atoms with E-state index in [4.69, 9.17) is 13.9 Å². The lowest BCUT2D eigenvalue weighted by Crippen LogP contribution is -2.48. The second kappa shape index (κ2) is 9.50. The van der Waals surface area contributed by atoms with Crippen LogP contribution in [0.5, 0.6) is 0 Å². The smallest absolute Gasteiger partial charge is 0.338 e. The number of ether oxygens (including phenoxy) is 2. The molecule has 0 radical (unpaired) electrons. The van der Waals surface area contributed by atoms with Crippen LogP contribution in [-0.2, 0) is 26.1 Å². The van der Waals surface area contributed by atoms with Crippen LogP contribution in [0.2, 0.25) is 0 Å². The molecule has 1 aliphatic heterocycles. The molecule has 1 aliphatic rings. The molecule has 0 N–H and O–H groups in total. The average Bonchev–Trinajstić information content (AvgIpc) is 2.86. The van der Waals surface area contributed by atoms with E-state index in [1.807, 2.05) is 44.2 Å². The Morgan fingerprint density at radius 2 is 1.75 bits per heavy atom. The molecule has 3 aromatic carbocycles. The molecule has 0 spiro atoms. The topological polar surface area (TPSA) is 103 Å². The Kier molecular flexibility index (Phi) is 6.38. The van der Waals surface area contributed by atoms with Crippen LogP contribution in [-0.4, -0.2) is 44.0 Å². The summed E-state index contributed by atoms with van der Waals surface area (Å²) in [6, 6.07) is 18.3. The van der Waals surface area contributed by atoms with E-state index in [1.165, 1.54) is 34.6 Å². The molecule has 1 aromatic heterocycles. The van der Waals surface area contributed by atoms with Gasteiger partial charge >= 0.3 is 11.6 Å². The number of morpholine rings is 1. The second-order valence-corrected chi connectivity index (χ2v) is 10.9. The molecule has 1 fully saturated rings. The van der Waals surface area contributed by atoms with Crippen molar-refractivity contribution in [2.45, 2.75) is 37.6 Å². The van der Waals surface area contributed by atoms with Gasteiger partial charge in [0.1, 0.15) is 12.2 Å². The lowest BCUT2D eigenvalue weighted by molar-refractivity contribution is -0.0440. The summed E-state index contributed by atoms with van der Waals surface area (Å²) in [4.78, 5) is 25.0. The lowest BCUT2D eigenvalue weighted by Gasteiger charge is -2.34. The SMILES string of the molecule is C[C@@H]1CN(S(=O)(=O)c2cccc(C(=O)OCc3cc(=O)oc4ccc5ccccc5c34)c2)C[C@H](C)O1. The van der Waals surface area contributed by atoms with E-state index in [9.17, 15) is 18.0 Å².